The van der Waals surface area contributed by atoms with Gasteiger partial charge in [-0.05, 0) is 24.6 Å². The largest absolute Gasteiger partial charge is 0.494 e. The van der Waals surface area contributed by atoms with Gasteiger partial charge in [-0.25, -0.2) is 0 Å². The van der Waals surface area contributed by atoms with Crippen LogP contribution in [0.1, 0.15) is 15.9 Å². The smallest absolute Gasteiger partial charge is 0.255 e. The Labute approximate surface area is 164 Å². The van der Waals surface area contributed by atoms with Crippen molar-refractivity contribution in [3.63, 3.8) is 0 Å². The molecule has 0 aliphatic heterocycles. The molecule has 3 rings (SSSR count). The number of pyridine rings is 1. The van der Waals surface area contributed by atoms with Crippen LogP contribution < -0.4 is 15.4 Å². The fourth-order valence-corrected chi connectivity index (χ4v) is 2.78. The Kier molecular flexibility index (Phi) is 6.79. The van der Waals surface area contributed by atoms with Gasteiger partial charge in [-0.2, -0.15) is 0 Å². The first kappa shape index (κ1) is 20.3. The second-order valence-electron chi connectivity index (χ2n) is 5.84. The van der Waals surface area contributed by atoms with Crippen LogP contribution in [-0.2, 0) is 0 Å². The molecular formula is C21H22ClN3O2. The summed E-state index contributed by atoms with van der Waals surface area (Å²) in [5.41, 5.74) is 3.88. The number of para-hydroxylation sites is 2. The minimum Gasteiger partial charge on any atom is -0.494 e. The lowest BCUT2D eigenvalue weighted by Gasteiger charge is -2.17. The lowest BCUT2D eigenvalue weighted by Crippen LogP contribution is -2.24. The second kappa shape index (κ2) is 9.05. The molecular weight excluding hydrogens is 362 g/mol. The topological polar surface area (TPSA) is 63.2 Å². The highest BCUT2D eigenvalue weighted by Crippen LogP contribution is 2.34. The molecule has 0 saturated heterocycles. The molecule has 0 fully saturated rings. The van der Waals surface area contributed by atoms with Crippen molar-refractivity contribution in [2.45, 2.75) is 6.92 Å². The number of halogens is 1. The molecule has 0 bridgehead atoms. The molecule has 0 saturated carbocycles. The summed E-state index contributed by atoms with van der Waals surface area (Å²) in [6, 6.07) is 13.6. The van der Waals surface area contributed by atoms with E-state index < -0.39 is 0 Å². The van der Waals surface area contributed by atoms with Gasteiger partial charge in [0.15, 0.2) is 0 Å². The molecule has 0 atom stereocenters. The van der Waals surface area contributed by atoms with Gasteiger partial charge in [-0.3, -0.25) is 9.78 Å². The number of carbonyl (C=O) groups is 1. The molecule has 0 spiro atoms. The summed E-state index contributed by atoms with van der Waals surface area (Å²) in [5, 5.41) is 7.04. The third kappa shape index (κ3) is 4.20. The number of aromatic nitrogens is 1. The van der Waals surface area contributed by atoms with Gasteiger partial charge >= 0.3 is 0 Å². The molecule has 6 heteroatoms. The summed E-state index contributed by atoms with van der Waals surface area (Å²) in [6.07, 6.45) is 3.22. The lowest BCUT2D eigenvalue weighted by molar-refractivity contribution is 0.0958. The van der Waals surface area contributed by atoms with E-state index in [1.807, 2.05) is 49.4 Å². The Morgan fingerprint density at radius 1 is 1.22 bits per heavy atom. The van der Waals surface area contributed by atoms with Crippen LogP contribution in [0, 0.1) is 6.92 Å². The molecule has 0 radical (unpaired) electrons. The van der Waals surface area contributed by atoms with Crippen molar-refractivity contribution >= 4 is 40.6 Å². The number of nitrogens with zero attached hydrogens (tertiary/aromatic N) is 1. The quantitative estimate of drug-likeness (QED) is 0.609. The van der Waals surface area contributed by atoms with E-state index in [-0.39, 0.29) is 18.3 Å². The number of carbonyl (C=O) groups excluding carboxylic acids is 1. The Balaban J connectivity index is 0.00000261. The molecule has 0 aliphatic rings. The standard InChI is InChI=1S/C21H21N3O2.ClH/c1-4-12-22-21(25)16-13-23-20-15(9-7-11-18(20)26-3)19(16)24-17-10-6-5-8-14(17)2;/h4-11,13H,1,12H2,2-3H3,(H,22,25)(H,23,24);1H. The number of anilines is 2. The van der Waals surface area contributed by atoms with E-state index in [0.717, 1.165) is 16.6 Å². The zero-order valence-corrected chi connectivity index (χ0v) is 16.1. The van der Waals surface area contributed by atoms with E-state index in [2.05, 4.69) is 22.2 Å². The van der Waals surface area contributed by atoms with E-state index in [4.69, 9.17) is 4.74 Å². The number of ether oxygens (including phenoxy) is 1. The Morgan fingerprint density at radius 2 is 2.00 bits per heavy atom. The van der Waals surface area contributed by atoms with Crippen molar-refractivity contribution < 1.29 is 9.53 Å². The number of fused-ring (bicyclic) bond motifs is 1. The Hall–Kier alpha value is -3.05. The predicted octanol–water partition coefficient (Wildman–Crippen LogP) is 4.63. The van der Waals surface area contributed by atoms with Crippen molar-refractivity contribution in [3.8, 4) is 5.75 Å². The first-order valence-corrected chi connectivity index (χ1v) is 8.33. The van der Waals surface area contributed by atoms with E-state index in [9.17, 15) is 4.79 Å². The van der Waals surface area contributed by atoms with Crippen LogP contribution in [0.2, 0.25) is 0 Å². The second-order valence-corrected chi connectivity index (χ2v) is 5.84. The molecule has 2 aromatic carbocycles. The number of hydrogen-bond donors (Lipinski definition) is 2. The normalized spacial score (nSPS) is 10.0. The first-order chi connectivity index (χ1) is 12.7. The van der Waals surface area contributed by atoms with E-state index >= 15 is 0 Å². The first-order valence-electron chi connectivity index (χ1n) is 8.33. The summed E-state index contributed by atoms with van der Waals surface area (Å²) < 4.78 is 5.42. The van der Waals surface area contributed by atoms with Crippen LogP contribution in [0.3, 0.4) is 0 Å². The SMILES string of the molecule is C=CCNC(=O)c1cnc2c(OC)cccc2c1Nc1ccccc1C.Cl. The molecule has 2 N–H and O–H groups in total. The van der Waals surface area contributed by atoms with Crippen molar-refractivity contribution in [3.05, 3.63) is 72.4 Å². The molecule has 5 nitrogen and oxygen atoms in total. The molecule has 140 valence electrons. The van der Waals surface area contributed by atoms with Crippen LogP contribution in [0.25, 0.3) is 10.9 Å². The molecule has 1 amide bonds. The van der Waals surface area contributed by atoms with E-state index in [0.29, 0.717) is 29.1 Å². The van der Waals surface area contributed by atoms with Crippen LogP contribution in [0.4, 0.5) is 11.4 Å². The summed E-state index contributed by atoms with van der Waals surface area (Å²) in [5.74, 6) is 0.451. The van der Waals surface area contributed by atoms with Crippen LogP contribution in [0.5, 0.6) is 5.75 Å². The monoisotopic (exact) mass is 383 g/mol. The minimum absolute atomic E-state index is 0. The van der Waals surface area contributed by atoms with E-state index in [1.165, 1.54) is 0 Å². The summed E-state index contributed by atoms with van der Waals surface area (Å²) in [4.78, 5) is 17.1. The van der Waals surface area contributed by atoms with Gasteiger partial charge < -0.3 is 15.4 Å². The van der Waals surface area contributed by atoms with Gasteiger partial charge in [0.05, 0.1) is 18.4 Å². The van der Waals surface area contributed by atoms with Crippen molar-refractivity contribution in [2.24, 2.45) is 0 Å². The molecule has 1 aromatic heterocycles. The molecule has 3 aromatic rings. The third-order valence-electron chi connectivity index (χ3n) is 4.14. The Morgan fingerprint density at radius 3 is 2.70 bits per heavy atom. The van der Waals surface area contributed by atoms with Gasteiger partial charge in [0.2, 0.25) is 0 Å². The zero-order chi connectivity index (χ0) is 18.5. The minimum atomic E-state index is -0.210. The van der Waals surface area contributed by atoms with Crippen LogP contribution >= 0.6 is 12.4 Å². The van der Waals surface area contributed by atoms with Crippen molar-refractivity contribution in [2.75, 3.05) is 19.0 Å². The van der Waals surface area contributed by atoms with Gasteiger partial charge in [-0.1, -0.05) is 36.4 Å². The maximum atomic E-state index is 12.6. The lowest BCUT2D eigenvalue weighted by atomic mass is 10.1. The van der Waals surface area contributed by atoms with Crippen molar-refractivity contribution in [1.82, 2.24) is 10.3 Å². The van der Waals surface area contributed by atoms with Gasteiger partial charge in [-0.15, -0.1) is 19.0 Å². The highest BCUT2D eigenvalue weighted by molar-refractivity contribution is 6.09. The van der Waals surface area contributed by atoms with Gasteiger partial charge in [0, 0.05) is 23.8 Å². The molecule has 27 heavy (non-hydrogen) atoms. The predicted molar refractivity (Wildman–Crippen MR) is 113 cm³/mol. The third-order valence-corrected chi connectivity index (χ3v) is 4.14. The number of aryl methyl sites for hydroxylation is 1. The number of rotatable bonds is 6. The Bertz CT molecular complexity index is 973. The zero-order valence-electron chi connectivity index (χ0n) is 15.3. The number of nitrogens with one attached hydrogen (secondary N) is 2. The van der Waals surface area contributed by atoms with Crippen LogP contribution in [-0.4, -0.2) is 24.5 Å². The van der Waals surface area contributed by atoms with Gasteiger partial charge in [0.1, 0.15) is 11.3 Å². The number of amides is 1. The summed E-state index contributed by atoms with van der Waals surface area (Å²) in [7, 11) is 1.61. The maximum Gasteiger partial charge on any atom is 0.255 e. The van der Waals surface area contributed by atoms with Crippen LogP contribution in [0.15, 0.2) is 61.3 Å². The molecule has 0 aliphatic carbocycles. The number of methoxy groups -OCH3 is 1. The average Bonchev–Trinajstić information content (AvgIpc) is 2.67. The molecule has 0 unspecified atom stereocenters. The molecule has 1 heterocycles. The maximum absolute atomic E-state index is 12.6. The summed E-state index contributed by atoms with van der Waals surface area (Å²) in [6.45, 7) is 6.04. The van der Waals surface area contributed by atoms with Crippen molar-refractivity contribution in [1.29, 1.82) is 0 Å². The highest BCUT2D eigenvalue weighted by atomic mass is 35.5. The average molecular weight is 384 g/mol. The van der Waals surface area contributed by atoms with E-state index in [1.54, 1.807) is 19.4 Å². The number of hydrogen-bond acceptors (Lipinski definition) is 4. The number of benzene rings is 2. The fraction of sp³-hybridized carbons (Fsp3) is 0.143. The highest BCUT2D eigenvalue weighted by Gasteiger charge is 2.17. The van der Waals surface area contributed by atoms with Gasteiger partial charge in [0.25, 0.3) is 5.91 Å². The fourth-order valence-electron chi connectivity index (χ4n) is 2.78. The summed E-state index contributed by atoms with van der Waals surface area (Å²) >= 11 is 0.